The third-order valence-corrected chi connectivity index (χ3v) is 7.30. The SMILES string of the molecule is Cc1c(C(=O)C(=O)CC2(C#C[Si](C)(C)C)CC(O)C2)c(C)n(C)c1C(=O)Nc1ccc(F)c(C#N)c1. The fourth-order valence-electron chi connectivity index (χ4n) is 4.49. The number of aromatic nitrogens is 1. The second-order valence-corrected chi connectivity index (χ2v) is 15.3. The Hall–Kier alpha value is -3.53. The topological polar surface area (TPSA) is 112 Å². The van der Waals surface area contributed by atoms with E-state index in [-0.39, 0.29) is 28.9 Å². The van der Waals surface area contributed by atoms with E-state index in [9.17, 15) is 23.9 Å². The van der Waals surface area contributed by atoms with Crippen LogP contribution in [-0.4, -0.2) is 41.3 Å². The van der Waals surface area contributed by atoms with Gasteiger partial charge in [-0.3, -0.25) is 14.4 Å². The van der Waals surface area contributed by atoms with Gasteiger partial charge >= 0.3 is 0 Å². The highest BCUT2D eigenvalue weighted by Gasteiger charge is 2.45. The summed E-state index contributed by atoms with van der Waals surface area (Å²) in [7, 11) is -0.0970. The molecule has 0 bridgehead atoms. The maximum atomic E-state index is 13.6. The number of ketones is 2. The Labute approximate surface area is 211 Å². The number of benzene rings is 1. The first-order valence-corrected chi connectivity index (χ1v) is 15.1. The van der Waals surface area contributed by atoms with Gasteiger partial charge < -0.3 is 15.0 Å². The van der Waals surface area contributed by atoms with Crippen LogP contribution in [-0.2, 0) is 11.8 Å². The maximum absolute atomic E-state index is 13.6. The van der Waals surface area contributed by atoms with Crippen LogP contribution in [0.5, 0.6) is 0 Å². The van der Waals surface area contributed by atoms with Crippen molar-refractivity contribution in [1.82, 2.24) is 4.57 Å². The van der Waals surface area contributed by atoms with Crippen LogP contribution in [0.1, 0.15) is 56.9 Å². The number of nitriles is 1. The Morgan fingerprint density at radius 1 is 1.25 bits per heavy atom. The molecule has 1 heterocycles. The Morgan fingerprint density at radius 2 is 1.89 bits per heavy atom. The lowest BCUT2D eigenvalue weighted by Gasteiger charge is -2.41. The minimum Gasteiger partial charge on any atom is -0.393 e. The molecule has 0 spiro atoms. The van der Waals surface area contributed by atoms with Crippen LogP contribution in [0.4, 0.5) is 10.1 Å². The molecule has 1 aliphatic rings. The first-order valence-electron chi connectivity index (χ1n) is 11.6. The van der Waals surface area contributed by atoms with Crippen molar-refractivity contribution in [2.45, 2.75) is 58.9 Å². The fraction of sp³-hybridized carbons (Fsp3) is 0.407. The van der Waals surface area contributed by atoms with Crippen LogP contribution < -0.4 is 5.32 Å². The zero-order valence-corrected chi connectivity index (χ0v) is 22.4. The van der Waals surface area contributed by atoms with Crippen molar-refractivity contribution in [3.05, 3.63) is 52.1 Å². The molecule has 2 N–H and O–H groups in total. The highest BCUT2D eigenvalue weighted by Crippen LogP contribution is 2.44. The molecule has 188 valence electrons. The Kier molecular flexibility index (Phi) is 7.40. The first-order chi connectivity index (χ1) is 16.7. The van der Waals surface area contributed by atoms with E-state index in [2.05, 4.69) is 36.4 Å². The molecule has 0 unspecified atom stereocenters. The number of halogens is 1. The number of nitrogens with zero attached hydrogens (tertiary/aromatic N) is 2. The van der Waals surface area contributed by atoms with Crippen molar-refractivity contribution in [3.8, 4) is 17.5 Å². The molecule has 1 aromatic heterocycles. The number of carbonyl (C=O) groups is 3. The van der Waals surface area contributed by atoms with Gasteiger partial charge in [0.15, 0.2) is 0 Å². The normalized spacial score (nSPS) is 18.9. The summed E-state index contributed by atoms with van der Waals surface area (Å²) < 4.78 is 15.2. The average molecular weight is 508 g/mol. The van der Waals surface area contributed by atoms with Crippen molar-refractivity contribution in [1.29, 1.82) is 5.26 Å². The number of carbonyl (C=O) groups excluding carboxylic acids is 3. The van der Waals surface area contributed by atoms with Crippen LogP contribution in [0.15, 0.2) is 18.2 Å². The zero-order chi connectivity index (χ0) is 27.0. The molecule has 2 aromatic rings. The summed E-state index contributed by atoms with van der Waals surface area (Å²) in [6, 6.07) is 5.37. The lowest BCUT2D eigenvalue weighted by molar-refractivity contribution is -0.119. The number of rotatable bonds is 6. The van der Waals surface area contributed by atoms with Crippen molar-refractivity contribution in [3.63, 3.8) is 0 Å². The first kappa shape index (κ1) is 27.1. The highest BCUT2D eigenvalue weighted by molar-refractivity contribution is 6.83. The molecule has 3 rings (SSSR count). The minimum atomic E-state index is -1.72. The second kappa shape index (κ2) is 9.85. The molecule has 9 heteroatoms. The summed E-state index contributed by atoms with van der Waals surface area (Å²) in [5.74, 6) is 0.659. The van der Waals surface area contributed by atoms with Crippen LogP contribution in [0.3, 0.4) is 0 Å². The maximum Gasteiger partial charge on any atom is 0.272 e. The van der Waals surface area contributed by atoms with E-state index in [1.54, 1.807) is 27.0 Å². The van der Waals surface area contributed by atoms with E-state index in [1.165, 1.54) is 16.7 Å². The summed E-state index contributed by atoms with van der Waals surface area (Å²) in [5, 5.41) is 21.6. The largest absolute Gasteiger partial charge is 0.393 e. The van der Waals surface area contributed by atoms with Gasteiger partial charge in [-0.15, -0.1) is 11.5 Å². The molecule has 0 aliphatic heterocycles. The van der Waals surface area contributed by atoms with Gasteiger partial charge in [-0.1, -0.05) is 19.6 Å². The third-order valence-electron chi connectivity index (χ3n) is 6.42. The number of Topliss-reactive ketones (excluding diaryl/α,β-unsaturated/α-hetero) is 2. The fourth-order valence-corrected chi connectivity index (χ4v) is 5.13. The van der Waals surface area contributed by atoms with Crippen molar-refractivity contribution in [2.75, 3.05) is 5.32 Å². The highest BCUT2D eigenvalue weighted by atomic mass is 28.3. The van der Waals surface area contributed by atoms with Crippen LogP contribution in [0, 0.1) is 47.9 Å². The number of hydrogen-bond donors (Lipinski definition) is 2. The van der Waals surface area contributed by atoms with Crippen molar-refractivity contribution < 1.29 is 23.9 Å². The lowest BCUT2D eigenvalue weighted by atomic mass is 9.64. The molecule has 1 amide bonds. The number of hydrogen-bond acceptors (Lipinski definition) is 5. The molecule has 0 radical (unpaired) electrons. The van der Waals surface area contributed by atoms with Gasteiger partial charge in [0.2, 0.25) is 11.6 Å². The summed E-state index contributed by atoms with van der Waals surface area (Å²) in [6.45, 7) is 9.52. The van der Waals surface area contributed by atoms with E-state index < -0.39 is 42.9 Å². The molecule has 36 heavy (non-hydrogen) atoms. The molecule has 7 nitrogen and oxygen atoms in total. The predicted molar refractivity (Wildman–Crippen MR) is 137 cm³/mol. The van der Waals surface area contributed by atoms with Gasteiger partial charge in [-0.25, -0.2) is 4.39 Å². The standard InChI is InChI=1S/C27H30FN3O4Si/c1-16-23(25(34)22(33)14-27(12-20(32)13-27)9-10-36(4,5)6)17(2)31(3)24(16)26(35)30-19-7-8-21(28)18(11-19)15-29/h7-8,11,20,32H,12-14H2,1-6H3,(H,30,35). The van der Waals surface area contributed by atoms with Gasteiger partial charge in [0.25, 0.3) is 5.91 Å². The van der Waals surface area contributed by atoms with Crippen LogP contribution in [0.2, 0.25) is 19.6 Å². The average Bonchev–Trinajstić information content (AvgIpc) is 2.99. The van der Waals surface area contributed by atoms with E-state index in [0.717, 1.165) is 6.07 Å². The van der Waals surface area contributed by atoms with Gasteiger partial charge in [0.05, 0.1) is 17.2 Å². The van der Waals surface area contributed by atoms with Gasteiger partial charge in [-0.05, 0) is 50.5 Å². The van der Waals surface area contributed by atoms with E-state index in [4.69, 9.17) is 5.26 Å². The van der Waals surface area contributed by atoms with Gasteiger partial charge in [-0.2, -0.15) is 5.26 Å². The smallest absolute Gasteiger partial charge is 0.272 e. The molecule has 0 saturated heterocycles. The second-order valence-electron chi connectivity index (χ2n) is 10.5. The molecular formula is C27H30FN3O4Si. The van der Waals surface area contributed by atoms with Crippen LogP contribution in [0.25, 0.3) is 0 Å². The minimum absolute atomic E-state index is 0.0812. The Bertz CT molecular complexity index is 1360. The van der Waals surface area contributed by atoms with Crippen molar-refractivity contribution in [2.24, 2.45) is 12.5 Å². The number of nitrogens with one attached hydrogen (secondary N) is 1. The number of anilines is 1. The van der Waals surface area contributed by atoms with Gasteiger partial charge in [0.1, 0.15) is 25.7 Å². The Balaban J connectivity index is 1.87. The van der Waals surface area contributed by atoms with Gasteiger partial charge in [0, 0.05) is 30.3 Å². The molecule has 1 fully saturated rings. The number of amides is 1. The molecule has 1 saturated carbocycles. The summed E-state index contributed by atoms with van der Waals surface area (Å²) in [5.41, 5.74) is 3.74. The van der Waals surface area contributed by atoms with E-state index >= 15 is 0 Å². The number of aliphatic hydroxyl groups excluding tert-OH is 1. The van der Waals surface area contributed by atoms with E-state index in [1.807, 2.05) is 0 Å². The van der Waals surface area contributed by atoms with E-state index in [0.29, 0.717) is 24.1 Å². The van der Waals surface area contributed by atoms with Crippen molar-refractivity contribution >= 4 is 31.2 Å². The molecule has 0 atom stereocenters. The number of aliphatic hydroxyl groups is 1. The molecule has 1 aromatic carbocycles. The Morgan fingerprint density at radius 3 is 2.44 bits per heavy atom. The quantitative estimate of drug-likeness (QED) is 0.265. The molecular weight excluding hydrogens is 477 g/mol. The summed E-state index contributed by atoms with van der Waals surface area (Å²) in [6.07, 6.45) is 0.0909. The van der Waals surface area contributed by atoms with Crippen LogP contribution >= 0.6 is 0 Å². The third kappa shape index (κ3) is 5.48. The zero-order valence-electron chi connectivity index (χ0n) is 21.4. The summed E-state index contributed by atoms with van der Waals surface area (Å²) >= 11 is 0. The lowest BCUT2D eigenvalue weighted by Crippen LogP contribution is -2.43. The predicted octanol–water partition coefficient (Wildman–Crippen LogP) is 4.07. The summed E-state index contributed by atoms with van der Waals surface area (Å²) in [4.78, 5) is 39.4. The monoisotopic (exact) mass is 507 g/mol. The molecule has 1 aliphatic carbocycles.